The fourth-order valence-corrected chi connectivity index (χ4v) is 4.54. The van der Waals surface area contributed by atoms with Crippen molar-refractivity contribution >= 4 is 23.0 Å². The lowest BCUT2D eigenvalue weighted by Crippen LogP contribution is -2.30. The molecule has 1 aliphatic rings. The molecule has 4 rings (SSSR count). The molecule has 32 heavy (non-hydrogen) atoms. The summed E-state index contributed by atoms with van der Waals surface area (Å²) in [6.07, 6.45) is 0. The normalized spacial score (nSPS) is 15.9. The number of amides is 1. The second kappa shape index (κ2) is 9.28. The molecule has 1 N–H and O–H groups in total. The number of hydrogen-bond acceptors (Lipinski definition) is 6. The Morgan fingerprint density at radius 2 is 1.84 bits per heavy atom. The van der Waals surface area contributed by atoms with Crippen molar-refractivity contribution in [3.05, 3.63) is 93.4 Å². The number of ether oxygens (including phenoxy) is 2. The Hall–Kier alpha value is -3.58. The maximum Gasteiger partial charge on any atom is 0.290 e. The van der Waals surface area contributed by atoms with E-state index in [-0.39, 0.29) is 17.9 Å². The Morgan fingerprint density at radius 3 is 2.50 bits per heavy atom. The highest BCUT2D eigenvalue weighted by Gasteiger charge is 2.44. The first-order valence-electron chi connectivity index (χ1n) is 10.2. The molecule has 164 valence electrons. The average molecular weight is 450 g/mol. The first-order valence-corrected chi connectivity index (χ1v) is 11.1. The number of benzene rings is 2. The number of carbonyl (C=O) groups is 2. The predicted molar refractivity (Wildman–Crippen MR) is 122 cm³/mol. The van der Waals surface area contributed by atoms with E-state index >= 15 is 0 Å². The summed E-state index contributed by atoms with van der Waals surface area (Å²) in [6, 6.07) is 17.3. The molecular formula is C25H23NO5S. The van der Waals surface area contributed by atoms with Gasteiger partial charge in [0.2, 0.25) is 5.78 Å². The van der Waals surface area contributed by atoms with Crippen molar-refractivity contribution < 1.29 is 24.2 Å². The number of hydrogen-bond donors (Lipinski definition) is 1. The summed E-state index contributed by atoms with van der Waals surface area (Å²) in [5, 5.41) is 12.6. The van der Waals surface area contributed by atoms with Gasteiger partial charge in [-0.15, -0.1) is 11.3 Å². The van der Waals surface area contributed by atoms with Crippen molar-refractivity contribution in [2.24, 2.45) is 0 Å². The fraction of sp³-hybridized carbons (Fsp3) is 0.200. The highest BCUT2D eigenvalue weighted by atomic mass is 32.1. The second-order valence-electron chi connectivity index (χ2n) is 7.22. The van der Waals surface area contributed by atoms with Gasteiger partial charge in [0.25, 0.3) is 5.91 Å². The summed E-state index contributed by atoms with van der Waals surface area (Å²) >= 11 is 1.27. The highest BCUT2D eigenvalue weighted by Crippen LogP contribution is 2.41. The maximum absolute atomic E-state index is 13.3. The molecule has 1 aromatic heterocycles. The molecule has 0 saturated heterocycles. The SMILES string of the molecule is CCOc1ccc(C2C(C(=O)c3cccs3)=C(O)C(=O)N2Cc2ccccc2OC)cc1. The number of rotatable bonds is 8. The molecule has 2 heterocycles. The van der Waals surface area contributed by atoms with E-state index in [2.05, 4.69) is 0 Å². The number of methoxy groups -OCH3 is 1. The number of Topliss-reactive ketones (excluding diaryl/α,β-unsaturated/α-hetero) is 1. The van der Waals surface area contributed by atoms with E-state index in [4.69, 9.17) is 9.47 Å². The smallest absolute Gasteiger partial charge is 0.290 e. The van der Waals surface area contributed by atoms with Crippen molar-refractivity contribution in [2.45, 2.75) is 19.5 Å². The zero-order valence-corrected chi connectivity index (χ0v) is 18.6. The van der Waals surface area contributed by atoms with Crippen LogP contribution in [0.2, 0.25) is 0 Å². The van der Waals surface area contributed by atoms with E-state index in [0.29, 0.717) is 28.5 Å². The highest BCUT2D eigenvalue weighted by molar-refractivity contribution is 7.12. The molecule has 0 saturated carbocycles. The Kier molecular flexibility index (Phi) is 6.28. The summed E-state index contributed by atoms with van der Waals surface area (Å²) in [6.45, 7) is 2.60. The molecule has 6 nitrogen and oxygen atoms in total. The third-order valence-electron chi connectivity index (χ3n) is 5.33. The van der Waals surface area contributed by atoms with Gasteiger partial charge < -0.3 is 19.5 Å². The van der Waals surface area contributed by atoms with E-state index < -0.39 is 17.7 Å². The molecule has 2 aromatic carbocycles. The van der Waals surface area contributed by atoms with Crippen LogP contribution < -0.4 is 9.47 Å². The molecule has 1 amide bonds. The van der Waals surface area contributed by atoms with Gasteiger partial charge in [0.15, 0.2) is 5.76 Å². The van der Waals surface area contributed by atoms with Gasteiger partial charge in [-0.05, 0) is 42.1 Å². The van der Waals surface area contributed by atoms with Crippen molar-refractivity contribution in [1.29, 1.82) is 0 Å². The zero-order valence-electron chi connectivity index (χ0n) is 17.8. The third-order valence-corrected chi connectivity index (χ3v) is 6.20. The van der Waals surface area contributed by atoms with Crippen molar-refractivity contribution in [3.8, 4) is 11.5 Å². The zero-order chi connectivity index (χ0) is 22.7. The topological polar surface area (TPSA) is 76.1 Å². The Morgan fingerprint density at radius 1 is 1.09 bits per heavy atom. The molecule has 0 spiro atoms. The van der Waals surface area contributed by atoms with Crippen LogP contribution in [0.1, 0.15) is 33.8 Å². The molecule has 0 fully saturated rings. The summed E-state index contributed by atoms with van der Waals surface area (Å²) in [5.74, 6) is -0.140. The van der Waals surface area contributed by atoms with Gasteiger partial charge in [0.05, 0.1) is 36.8 Å². The van der Waals surface area contributed by atoms with Crippen LogP contribution in [0.25, 0.3) is 0 Å². The molecule has 0 aliphatic carbocycles. The van der Waals surface area contributed by atoms with Crippen molar-refractivity contribution in [2.75, 3.05) is 13.7 Å². The molecule has 1 aliphatic heterocycles. The minimum atomic E-state index is -0.738. The number of ketones is 1. The maximum atomic E-state index is 13.3. The van der Waals surface area contributed by atoms with Crippen LogP contribution in [0, 0.1) is 0 Å². The number of para-hydroxylation sites is 1. The molecule has 3 aromatic rings. The third kappa shape index (κ3) is 3.99. The van der Waals surface area contributed by atoms with E-state index in [1.165, 1.54) is 16.2 Å². The van der Waals surface area contributed by atoms with Crippen LogP contribution in [-0.4, -0.2) is 35.4 Å². The molecular weight excluding hydrogens is 426 g/mol. The minimum Gasteiger partial charge on any atom is -0.503 e. The van der Waals surface area contributed by atoms with Gasteiger partial charge in [0, 0.05) is 5.56 Å². The Labute approximate surface area is 190 Å². The number of aliphatic hydroxyl groups is 1. The summed E-state index contributed by atoms with van der Waals surface area (Å²) in [4.78, 5) is 28.4. The monoisotopic (exact) mass is 449 g/mol. The van der Waals surface area contributed by atoms with Gasteiger partial charge in [-0.25, -0.2) is 0 Å². The number of nitrogens with zero attached hydrogens (tertiary/aromatic N) is 1. The van der Waals surface area contributed by atoms with Gasteiger partial charge >= 0.3 is 0 Å². The first-order chi connectivity index (χ1) is 15.5. The second-order valence-corrected chi connectivity index (χ2v) is 8.17. The van der Waals surface area contributed by atoms with Crippen LogP contribution >= 0.6 is 11.3 Å². The fourth-order valence-electron chi connectivity index (χ4n) is 3.87. The Bertz CT molecular complexity index is 1150. The molecule has 0 radical (unpaired) electrons. The van der Waals surface area contributed by atoms with Crippen molar-refractivity contribution in [1.82, 2.24) is 4.90 Å². The standard InChI is InChI=1S/C25H23NO5S/c1-3-31-18-12-10-16(11-13-18)22-21(23(27)20-9-6-14-32-20)24(28)25(29)26(22)15-17-7-4-5-8-19(17)30-2/h4-14,22,28H,3,15H2,1-2H3. The van der Waals surface area contributed by atoms with Gasteiger partial charge in [0.1, 0.15) is 11.5 Å². The summed E-state index contributed by atoms with van der Waals surface area (Å²) in [7, 11) is 1.57. The minimum absolute atomic E-state index is 0.0801. The molecule has 1 atom stereocenters. The number of carbonyl (C=O) groups excluding carboxylic acids is 2. The summed E-state index contributed by atoms with van der Waals surface area (Å²) < 4.78 is 11.0. The van der Waals surface area contributed by atoms with Gasteiger partial charge in [-0.2, -0.15) is 0 Å². The molecule has 1 unspecified atom stereocenters. The lowest BCUT2D eigenvalue weighted by atomic mass is 9.95. The van der Waals surface area contributed by atoms with Gasteiger partial charge in [-0.1, -0.05) is 36.4 Å². The number of aliphatic hydroxyl groups excluding tert-OH is 1. The van der Waals surface area contributed by atoms with Crippen LogP contribution in [0.3, 0.4) is 0 Å². The lowest BCUT2D eigenvalue weighted by molar-refractivity contribution is -0.130. The predicted octanol–water partition coefficient (Wildman–Crippen LogP) is 4.93. The quantitative estimate of drug-likeness (QED) is 0.493. The van der Waals surface area contributed by atoms with E-state index in [1.54, 1.807) is 36.8 Å². The van der Waals surface area contributed by atoms with Gasteiger partial charge in [-0.3, -0.25) is 9.59 Å². The van der Waals surface area contributed by atoms with Crippen LogP contribution in [0.15, 0.2) is 77.4 Å². The Balaban J connectivity index is 1.78. The van der Waals surface area contributed by atoms with E-state index in [1.807, 2.05) is 43.3 Å². The summed E-state index contributed by atoms with van der Waals surface area (Å²) in [5.41, 5.74) is 1.56. The largest absolute Gasteiger partial charge is 0.503 e. The van der Waals surface area contributed by atoms with Crippen LogP contribution in [0.5, 0.6) is 11.5 Å². The van der Waals surface area contributed by atoms with E-state index in [0.717, 1.165) is 5.56 Å². The molecule has 7 heteroatoms. The lowest BCUT2D eigenvalue weighted by Gasteiger charge is -2.27. The van der Waals surface area contributed by atoms with Crippen molar-refractivity contribution in [3.63, 3.8) is 0 Å². The van der Waals surface area contributed by atoms with Crippen LogP contribution in [0.4, 0.5) is 0 Å². The van der Waals surface area contributed by atoms with Crippen LogP contribution in [-0.2, 0) is 11.3 Å². The first kappa shape index (κ1) is 21.6. The average Bonchev–Trinajstić information content (AvgIpc) is 3.43. The number of thiophene rings is 1. The molecule has 0 bridgehead atoms. The van der Waals surface area contributed by atoms with E-state index in [9.17, 15) is 14.7 Å².